The number of benzene rings is 2. The smallest absolute Gasteiger partial charge is 0.137 e. The molecule has 0 bridgehead atoms. The zero-order valence-electron chi connectivity index (χ0n) is 15.4. The highest BCUT2D eigenvalue weighted by atomic mass is 19.1. The standard InChI is InChI=1S/C20H18F3N5/c1-12-17-7-14(21)4-6-20(17)28(26-12)13(2)18(9-27-11-24-10-25-27)16-5-3-15(22)8-19(16)23/h3-8,10-11,13,18H,9H2,1-2H3/t13-,18-/m1/s1. The van der Waals surface area contributed by atoms with Crippen LogP contribution >= 0.6 is 0 Å². The van der Waals surface area contributed by atoms with Crippen molar-refractivity contribution in [3.63, 3.8) is 0 Å². The summed E-state index contributed by atoms with van der Waals surface area (Å²) in [6.45, 7) is 4.03. The normalized spacial score (nSPS) is 13.8. The van der Waals surface area contributed by atoms with Crippen LogP contribution in [0.25, 0.3) is 10.9 Å². The van der Waals surface area contributed by atoms with Gasteiger partial charge in [0.15, 0.2) is 0 Å². The second kappa shape index (κ2) is 7.10. The average molecular weight is 385 g/mol. The van der Waals surface area contributed by atoms with E-state index in [1.807, 2.05) is 6.92 Å². The van der Waals surface area contributed by atoms with Crippen LogP contribution in [0.3, 0.4) is 0 Å². The molecule has 0 radical (unpaired) electrons. The van der Waals surface area contributed by atoms with Crippen LogP contribution in [0.4, 0.5) is 13.2 Å². The van der Waals surface area contributed by atoms with Gasteiger partial charge in [0, 0.05) is 17.4 Å². The summed E-state index contributed by atoms with van der Waals surface area (Å²) >= 11 is 0. The number of fused-ring (bicyclic) bond motifs is 1. The summed E-state index contributed by atoms with van der Waals surface area (Å²) in [5.74, 6) is -2.01. The van der Waals surface area contributed by atoms with Gasteiger partial charge in [0.05, 0.1) is 23.8 Å². The van der Waals surface area contributed by atoms with Crippen molar-refractivity contribution in [3.05, 3.63) is 77.8 Å². The Kier molecular flexibility index (Phi) is 4.62. The van der Waals surface area contributed by atoms with Crippen LogP contribution in [0.1, 0.15) is 30.1 Å². The van der Waals surface area contributed by atoms with Crippen molar-refractivity contribution in [2.75, 3.05) is 0 Å². The Bertz CT molecular complexity index is 1120. The molecule has 0 aliphatic carbocycles. The maximum atomic E-state index is 14.6. The lowest BCUT2D eigenvalue weighted by molar-refractivity contribution is 0.356. The SMILES string of the molecule is Cc1nn([C@H](C)[C@@H](Cn2cncn2)c2ccc(F)cc2F)c2ccc(F)cc12. The molecular weight excluding hydrogens is 367 g/mol. The molecule has 0 saturated heterocycles. The zero-order chi connectivity index (χ0) is 19.8. The van der Waals surface area contributed by atoms with E-state index in [1.165, 1.54) is 30.6 Å². The van der Waals surface area contributed by atoms with Gasteiger partial charge in [0.2, 0.25) is 0 Å². The largest absolute Gasteiger partial charge is 0.261 e. The molecule has 0 saturated carbocycles. The van der Waals surface area contributed by atoms with Crippen molar-refractivity contribution in [3.8, 4) is 0 Å². The minimum absolute atomic E-state index is 0.314. The van der Waals surface area contributed by atoms with E-state index in [-0.39, 0.29) is 11.9 Å². The van der Waals surface area contributed by atoms with Crippen LogP contribution < -0.4 is 0 Å². The number of hydrogen-bond donors (Lipinski definition) is 0. The quantitative estimate of drug-likeness (QED) is 0.512. The molecule has 0 spiro atoms. The first kappa shape index (κ1) is 18.2. The molecule has 0 unspecified atom stereocenters. The Labute approximate surface area is 159 Å². The Morgan fingerprint density at radius 3 is 2.50 bits per heavy atom. The summed E-state index contributed by atoms with van der Waals surface area (Å²) in [7, 11) is 0. The Morgan fingerprint density at radius 2 is 1.79 bits per heavy atom. The Hall–Kier alpha value is -3.16. The highest BCUT2D eigenvalue weighted by molar-refractivity contribution is 5.82. The van der Waals surface area contributed by atoms with E-state index in [0.717, 1.165) is 11.6 Å². The number of rotatable bonds is 5. The van der Waals surface area contributed by atoms with Crippen molar-refractivity contribution in [1.29, 1.82) is 0 Å². The molecule has 2 aromatic carbocycles. The highest BCUT2D eigenvalue weighted by Crippen LogP contribution is 2.34. The number of aryl methyl sites for hydroxylation is 1. The molecule has 0 aliphatic heterocycles. The fourth-order valence-corrected chi connectivity index (χ4v) is 3.59. The lowest BCUT2D eigenvalue weighted by Crippen LogP contribution is -2.22. The van der Waals surface area contributed by atoms with E-state index < -0.39 is 17.6 Å². The van der Waals surface area contributed by atoms with Gasteiger partial charge in [-0.05, 0) is 43.7 Å². The Morgan fingerprint density at radius 1 is 1.04 bits per heavy atom. The number of hydrogen-bond acceptors (Lipinski definition) is 3. The summed E-state index contributed by atoms with van der Waals surface area (Å²) in [5.41, 5.74) is 1.78. The average Bonchev–Trinajstić information content (AvgIpc) is 3.28. The lowest BCUT2D eigenvalue weighted by Gasteiger charge is -2.26. The molecule has 2 heterocycles. The number of halogens is 3. The summed E-state index contributed by atoms with van der Waals surface area (Å²) in [6.07, 6.45) is 2.95. The molecule has 0 aliphatic rings. The first-order valence-electron chi connectivity index (χ1n) is 8.86. The molecule has 2 atom stereocenters. The molecule has 144 valence electrons. The van der Waals surface area contributed by atoms with Crippen LogP contribution in [0.15, 0.2) is 49.1 Å². The summed E-state index contributed by atoms with van der Waals surface area (Å²) < 4.78 is 45.1. The second-order valence-electron chi connectivity index (χ2n) is 6.82. The molecule has 0 N–H and O–H groups in total. The van der Waals surface area contributed by atoms with Crippen molar-refractivity contribution in [1.82, 2.24) is 24.5 Å². The monoisotopic (exact) mass is 385 g/mol. The predicted octanol–water partition coefficient (Wildman–Crippen LogP) is 4.40. The lowest BCUT2D eigenvalue weighted by atomic mass is 9.91. The van der Waals surface area contributed by atoms with E-state index in [1.54, 1.807) is 28.7 Å². The van der Waals surface area contributed by atoms with Crippen molar-refractivity contribution in [2.45, 2.75) is 32.4 Å². The topological polar surface area (TPSA) is 48.5 Å². The van der Waals surface area contributed by atoms with Crippen molar-refractivity contribution < 1.29 is 13.2 Å². The molecule has 2 aromatic heterocycles. The molecule has 5 nitrogen and oxygen atoms in total. The van der Waals surface area contributed by atoms with Crippen LogP contribution in [0, 0.1) is 24.4 Å². The van der Waals surface area contributed by atoms with Gasteiger partial charge in [-0.25, -0.2) is 18.2 Å². The predicted molar refractivity (Wildman–Crippen MR) is 98.3 cm³/mol. The number of aromatic nitrogens is 5. The number of nitrogens with zero attached hydrogens (tertiary/aromatic N) is 5. The summed E-state index contributed by atoms with van der Waals surface area (Å²) in [6, 6.07) is 7.71. The fraction of sp³-hybridized carbons (Fsp3) is 0.250. The third kappa shape index (κ3) is 3.26. The van der Waals surface area contributed by atoms with Crippen molar-refractivity contribution >= 4 is 10.9 Å². The van der Waals surface area contributed by atoms with Gasteiger partial charge in [0.25, 0.3) is 0 Å². The second-order valence-corrected chi connectivity index (χ2v) is 6.82. The van der Waals surface area contributed by atoms with E-state index in [2.05, 4.69) is 15.2 Å². The van der Waals surface area contributed by atoms with Crippen LogP contribution in [0.2, 0.25) is 0 Å². The molecule has 28 heavy (non-hydrogen) atoms. The maximum absolute atomic E-state index is 14.6. The molecule has 0 amide bonds. The molecule has 8 heteroatoms. The zero-order valence-corrected chi connectivity index (χ0v) is 15.4. The minimum atomic E-state index is -0.635. The van der Waals surface area contributed by atoms with Gasteiger partial charge in [-0.2, -0.15) is 10.2 Å². The summed E-state index contributed by atoms with van der Waals surface area (Å²) in [5, 5.41) is 9.38. The van der Waals surface area contributed by atoms with Gasteiger partial charge >= 0.3 is 0 Å². The third-order valence-electron chi connectivity index (χ3n) is 5.03. The van der Waals surface area contributed by atoms with Gasteiger partial charge in [-0.1, -0.05) is 6.07 Å². The fourth-order valence-electron chi connectivity index (χ4n) is 3.59. The molecule has 4 aromatic rings. The van der Waals surface area contributed by atoms with Gasteiger partial charge in [-0.15, -0.1) is 0 Å². The van der Waals surface area contributed by atoms with E-state index in [4.69, 9.17) is 0 Å². The molecular formula is C20H18F3N5. The van der Waals surface area contributed by atoms with E-state index in [9.17, 15) is 13.2 Å². The van der Waals surface area contributed by atoms with Gasteiger partial charge in [-0.3, -0.25) is 9.36 Å². The molecule has 4 rings (SSSR count). The minimum Gasteiger partial charge on any atom is -0.261 e. The third-order valence-corrected chi connectivity index (χ3v) is 5.03. The van der Waals surface area contributed by atoms with Crippen LogP contribution in [0.5, 0.6) is 0 Å². The van der Waals surface area contributed by atoms with E-state index in [0.29, 0.717) is 23.2 Å². The van der Waals surface area contributed by atoms with Crippen LogP contribution in [-0.4, -0.2) is 24.5 Å². The first-order chi connectivity index (χ1) is 13.4. The van der Waals surface area contributed by atoms with Crippen molar-refractivity contribution in [2.24, 2.45) is 0 Å². The van der Waals surface area contributed by atoms with Gasteiger partial charge in [0.1, 0.15) is 30.1 Å². The molecule has 0 fully saturated rings. The first-order valence-corrected chi connectivity index (χ1v) is 8.86. The highest BCUT2D eigenvalue weighted by Gasteiger charge is 2.27. The maximum Gasteiger partial charge on any atom is 0.137 e. The van der Waals surface area contributed by atoms with Gasteiger partial charge < -0.3 is 0 Å². The van der Waals surface area contributed by atoms with E-state index >= 15 is 0 Å². The summed E-state index contributed by atoms with van der Waals surface area (Å²) in [4.78, 5) is 3.94. The van der Waals surface area contributed by atoms with Crippen LogP contribution in [-0.2, 0) is 6.54 Å². The Balaban J connectivity index is 1.82.